The second kappa shape index (κ2) is 6.74. The molecule has 1 fully saturated rings. The van der Waals surface area contributed by atoms with Gasteiger partial charge in [-0.25, -0.2) is 9.37 Å². The number of halogens is 1. The molecule has 1 aliphatic rings. The molecule has 122 valence electrons. The molecular formula is C16H18FN3O2S. The Morgan fingerprint density at radius 3 is 3.00 bits per heavy atom. The Balaban J connectivity index is 1.65. The zero-order valence-electron chi connectivity index (χ0n) is 12.7. The van der Waals surface area contributed by atoms with E-state index in [1.807, 2.05) is 13.0 Å². The van der Waals surface area contributed by atoms with Gasteiger partial charge >= 0.3 is 0 Å². The van der Waals surface area contributed by atoms with E-state index in [-0.39, 0.29) is 18.3 Å². The number of benzene rings is 1. The van der Waals surface area contributed by atoms with Gasteiger partial charge in [0.2, 0.25) is 5.91 Å². The molecular weight excluding hydrogens is 317 g/mol. The standard InChI is InChI=1S/C16H18FN3O2S/c1-9-15(23-8-20-9)10-2-3-11(13(17)4-10)6-19-16(22)14-5-12(21)7-18-14/h2-4,8,12,14,18,21H,5-7H2,1H3,(H,19,22). The molecule has 2 atom stereocenters. The Bertz CT molecular complexity index is 719. The lowest BCUT2D eigenvalue weighted by Crippen LogP contribution is -2.40. The second-order valence-electron chi connectivity index (χ2n) is 5.64. The first-order valence-corrected chi connectivity index (χ1v) is 8.30. The Kier molecular flexibility index (Phi) is 4.70. The molecule has 1 aliphatic heterocycles. The first-order valence-electron chi connectivity index (χ1n) is 7.42. The fraction of sp³-hybridized carbons (Fsp3) is 0.375. The minimum atomic E-state index is -0.496. The number of amides is 1. The number of nitrogens with zero attached hydrogens (tertiary/aromatic N) is 1. The predicted molar refractivity (Wildman–Crippen MR) is 86.5 cm³/mol. The average Bonchev–Trinajstić information content (AvgIpc) is 3.14. The van der Waals surface area contributed by atoms with Crippen molar-refractivity contribution in [2.45, 2.75) is 32.0 Å². The summed E-state index contributed by atoms with van der Waals surface area (Å²) in [5.74, 6) is -0.571. The number of carbonyl (C=O) groups excluding carboxylic acids is 1. The molecule has 3 rings (SSSR count). The van der Waals surface area contributed by atoms with Crippen LogP contribution >= 0.6 is 11.3 Å². The van der Waals surface area contributed by atoms with Crippen LogP contribution in [0.5, 0.6) is 0 Å². The van der Waals surface area contributed by atoms with Crippen LogP contribution in [-0.2, 0) is 11.3 Å². The summed E-state index contributed by atoms with van der Waals surface area (Å²) in [4.78, 5) is 17.1. The van der Waals surface area contributed by atoms with Crippen molar-refractivity contribution in [1.29, 1.82) is 0 Å². The van der Waals surface area contributed by atoms with Crippen molar-refractivity contribution in [3.05, 3.63) is 40.8 Å². The highest BCUT2D eigenvalue weighted by atomic mass is 32.1. The van der Waals surface area contributed by atoms with Crippen LogP contribution in [0, 0.1) is 12.7 Å². The lowest BCUT2D eigenvalue weighted by atomic mass is 10.1. The highest BCUT2D eigenvalue weighted by Gasteiger charge is 2.27. The first kappa shape index (κ1) is 16.0. The van der Waals surface area contributed by atoms with E-state index >= 15 is 0 Å². The van der Waals surface area contributed by atoms with Gasteiger partial charge in [0.1, 0.15) is 5.82 Å². The lowest BCUT2D eigenvalue weighted by molar-refractivity contribution is -0.123. The average molecular weight is 335 g/mol. The Hall–Kier alpha value is -1.83. The molecule has 0 bridgehead atoms. The molecule has 7 heteroatoms. The van der Waals surface area contributed by atoms with Crippen LogP contribution in [0.1, 0.15) is 17.7 Å². The number of rotatable bonds is 4. The highest BCUT2D eigenvalue weighted by Crippen LogP contribution is 2.28. The normalized spacial score (nSPS) is 20.7. The van der Waals surface area contributed by atoms with E-state index in [9.17, 15) is 14.3 Å². The molecule has 2 aromatic rings. The van der Waals surface area contributed by atoms with Gasteiger partial charge in [-0.15, -0.1) is 11.3 Å². The van der Waals surface area contributed by atoms with Crippen molar-refractivity contribution in [3.63, 3.8) is 0 Å². The topological polar surface area (TPSA) is 74.2 Å². The third kappa shape index (κ3) is 3.57. The number of β-amino-alcohol motifs (C(OH)–C–C–N with tert-alkyl or cyclic N) is 1. The predicted octanol–water partition coefficient (Wildman–Crippen LogP) is 1.60. The van der Waals surface area contributed by atoms with E-state index < -0.39 is 12.1 Å². The molecule has 2 unspecified atom stereocenters. The molecule has 3 N–H and O–H groups in total. The number of thiazole rings is 1. The molecule has 23 heavy (non-hydrogen) atoms. The van der Waals surface area contributed by atoms with Crippen LogP contribution in [0.4, 0.5) is 4.39 Å². The molecule has 0 spiro atoms. The van der Waals surface area contributed by atoms with E-state index in [1.165, 1.54) is 17.4 Å². The van der Waals surface area contributed by atoms with Gasteiger partial charge in [0.15, 0.2) is 0 Å². The summed E-state index contributed by atoms with van der Waals surface area (Å²) in [5.41, 5.74) is 3.84. The number of hydrogen-bond acceptors (Lipinski definition) is 5. The fourth-order valence-corrected chi connectivity index (χ4v) is 3.44. The molecule has 2 heterocycles. The molecule has 1 amide bonds. The molecule has 1 saturated heterocycles. The van der Waals surface area contributed by atoms with Crippen LogP contribution in [0.2, 0.25) is 0 Å². The zero-order chi connectivity index (χ0) is 16.4. The fourth-order valence-electron chi connectivity index (χ4n) is 2.63. The molecule has 0 saturated carbocycles. The minimum Gasteiger partial charge on any atom is -0.392 e. The molecule has 0 radical (unpaired) electrons. The molecule has 0 aliphatic carbocycles. The lowest BCUT2D eigenvalue weighted by Gasteiger charge is -2.12. The van der Waals surface area contributed by atoms with E-state index in [2.05, 4.69) is 15.6 Å². The first-order chi connectivity index (χ1) is 11.0. The van der Waals surface area contributed by atoms with Crippen molar-refractivity contribution < 1.29 is 14.3 Å². The van der Waals surface area contributed by atoms with Crippen molar-refractivity contribution in [1.82, 2.24) is 15.6 Å². The minimum absolute atomic E-state index is 0.126. The zero-order valence-corrected chi connectivity index (χ0v) is 13.5. The monoisotopic (exact) mass is 335 g/mol. The quantitative estimate of drug-likeness (QED) is 0.793. The van der Waals surface area contributed by atoms with Crippen LogP contribution in [-0.4, -0.2) is 34.7 Å². The highest BCUT2D eigenvalue weighted by molar-refractivity contribution is 7.13. The summed E-state index contributed by atoms with van der Waals surface area (Å²) in [5, 5.41) is 15.0. The summed E-state index contributed by atoms with van der Waals surface area (Å²) in [7, 11) is 0. The van der Waals surface area contributed by atoms with Gasteiger partial charge in [-0.2, -0.15) is 0 Å². The van der Waals surface area contributed by atoms with Crippen LogP contribution in [0.3, 0.4) is 0 Å². The third-order valence-corrected chi connectivity index (χ3v) is 4.92. The number of nitrogens with one attached hydrogen (secondary N) is 2. The SMILES string of the molecule is Cc1ncsc1-c1ccc(CNC(=O)C2CC(O)CN2)c(F)c1. The van der Waals surface area contributed by atoms with Gasteiger partial charge in [0.25, 0.3) is 0 Å². The summed E-state index contributed by atoms with van der Waals surface area (Å²) in [6, 6.07) is 4.58. The van der Waals surface area contributed by atoms with Gasteiger partial charge in [-0.3, -0.25) is 4.79 Å². The molecule has 5 nitrogen and oxygen atoms in total. The Morgan fingerprint density at radius 2 is 2.39 bits per heavy atom. The van der Waals surface area contributed by atoms with Gasteiger partial charge < -0.3 is 15.7 Å². The third-order valence-electron chi connectivity index (χ3n) is 3.94. The number of aliphatic hydroxyl groups excluding tert-OH is 1. The maximum Gasteiger partial charge on any atom is 0.237 e. The van der Waals surface area contributed by atoms with Crippen molar-refractivity contribution >= 4 is 17.2 Å². The van der Waals surface area contributed by atoms with Crippen LogP contribution in [0.25, 0.3) is 10.4 Å². The van der Waals surface area contributed by atoms with Crippen molar-refractivity contribution in [2.75, 3.05) is 6.54 Å². The number of aliphatic hydroxyl groups is 1. The second-order valence-corrected chi connectivity index (χ2v) is 6.50. The van der Waals surface area contributed by atoms with E-state index in [4.69, 9.17) is 0 Å². The van der Waals surface area contributed by atoms with E-state index in [1.54, 1.807) is 11.6 Å². The summed E-state index contributed by atoms with van der Waals surface area (Å²) in [6.45, 7) is 2.43. The van der Waals surface area contributed by atoms with Crippen LogP contribution in [0.15, 0.2) is 23.7 Å². The maximum atomic E-state index is 14.2. The summed E-state index contributed by atoms with van der Waals surface area (Å²) in [6.07, 6.45) is -0.109. The van der Waals surface area contributed by atoms with E-state index in [0.717, 1.165) is 16.1 Å². The number of hydrogen-bond donors (Lipinski definition) is 3. The number of carbonyl (C=O) groups is 1. The summed E-state index contributed by atoms with van der Waals surface area (Å²) < 4.78 is 14.2. The van der Waals surface area contributed by atoms with Gasteiger partial charge in [0.05, 0.1) is 28.2 Å². The summed E-state index contributed by atoms with van der Waals surface area (Å²) >= 11 is 1.47. The number of aryl methyl sites for hydroxylation is 1. The van der Waals surface area contributed by atoms with Gasteiger partial charge in [-0.1, -0.05) is 12.1 Å². The largest absolute Gasteiger partial charge is 0.392 e. The Labute approximate surface area is 137 Å². The van der Waals surface area contributed by atoms with Crippen LogP contribution < -0.4 is 10.6 Å². The van der Waals surface area contributed by atoms with Crippen molar-refractivity contribution in [3.8, 4) is 10.4 Å². The smallest absolute Gasteiger partial charge is 0.237 e. The van der Waals surface area contributed by atoms with Crippen molar-refractivity contribution in [2.24, 2.45) is 0 Å². The molecule has 1 aromatic carbocycles. The van der Waals surface area contributed by atoms with Gasteiger partial charge in [-0.05, 0) is 25.0 Å². The van der Waals surface area contributed by atoms with E-state index in [0.29, 0.717) is 18.5 Å². The van der Waals surface area contributed by atoms with Gasteiger partial charge in [0, 0.05) is 18.7 Å². The number of aromatic nitrogens is 1. The molecule has 1 aromatic heterocycles. The maximum absolute atomic E-state index is 14.2. The Morgan fingerprint density at radius 1 is 1.57 bits per heavy atom.